The topological polar surface area (TPSA) is 148 Å². The van der Waals surface area contributed by atoms with Crippen LogP contribution in [0.1, 0.15) is 72.3 Å². The maximum Gasteiger partial charge on any atom is 0.326 e. The lowest BCUT2D eigenvalue weighted by molar-refractivity contribution is -0.143. The molecule has 1 fully saturated rings. The highest BCUT2D eigenvalue weighted by Crippen LogP contribution is 2.22. The van der Waals surface area contributed by atoms with E-state index in [1.165, 1.54) is 17.0 Å². The van der Waals surface area contributed by atoms with E-state index in [9.17, 15) is 29.4 Å². The lowest BCUT2D eigenvalue weighted by Crippen LogP contribution is -2.60. The van der Waals surface area contributed by atoms with Crippen molar-refractivity contribution in [3.63, 3.8) is 0 Å². The van der Waals surface area contributed by atoms with Crippen LogP contribution in [0.2, 0.25) is 0 Å². The highest BCUT2D eigenvalue weighted by Gasteiger charge is 2.36. The quantitative estimate of drug-likeness (QED) is 0.231. The normalized spacial score (nSPS) is 18.6. The Hall–Kier alpha value is -3.14. The Morgan fingerprint density at radius 2 is 1.82 bits per heavy atom. The number of carboxylic acid groups (broad SMARTS) is 1. The van der Waals surface area contributed by atoms with Gasteiger partial charge in [-0.2, -0.15) is 0 Å². The van der Waals surface area contributed by atoms with Crippen LogP contribution in [0.25, 0.3) is 0 Å². The molecule has 5 atom stereocenters. The van der Waals surface area contributed by atoms with Crippen molar-refractivity contribution in [1.82, 2.24) is 20.9 Å². The Morgan fingerprint density at radius 3 is 2.32 bits per heavy atom. The van der Waals surface area contributed by atoms with Crippen LogP contribution >= 0.6 is 0 Å². The SMILES string of the molecule is CC[C@H](C)[C@H](NC(=O)[C@H](Cc1ccc(O)cc1)N(C=O)[C@@H]1CCCN1)C(=O)N[C@@H](CCC(C)(C)C)C(=O)O. The van der Waals surface area contributed by atoms with E-state index in [0.717, 1.165) is 18.5 Å². The van der Waals surface area contributed by atoms with Gasteiger partial charge in [0.15, 0.2) is 0 Å². The van der Waals surface area contributed by atoms with Crippen molar-refractivity contribution in [2.75, 3.05) is 6.54 Å². The minimum atomic E-state index is -1.12. The van der Waals surface area contributed by atoms with Crippen molar-refractivity contribution in [3.05, 3.63) is 29.8 Å². The van der Waals surface area contributed by atoms with Gasteiger partial charge in [0.25, 0.3) is 0 Å². The molecule has 1 aliphatic heterocycles. The summed E-state index contributed by atoms with van der Waals surface area (Å²) in [5, 5.41) is 28.1. The number of nitrogens with zero attached hydrogens (tertiary/aromatic N) is 1. The molecule has 0 bridgehead atoms. The van der Waals surface area contributed by atoms with Crippen molar-refractivity contribution in [2.45, 2.75) is 97.4 Å². The van der Waals surface area contributed by atoms with E-state index in [4.69, 9.17) is 0 Å². The van der Waals surface area contributed by atoms with Crippen LogP contribution in [0.15, 0.2) is 24.3 Å². The van der Waals surface area contributed by atoms with Crippen LogP contribution in [0.3, 0.4) is 0 Å². The summed E-state index contributed by atoms with van der Waals surface area (Å²) in [5.74, 6) is -2.37. The molecule has 0 radical (unpaired) electrons. The van der Waals surface area contributed by atoms with Crippen LogP contribution in [0, 0.1) is 11.3 Å². The Balaban J connectivity index is 2.28. The van der Waals surface area contributed by atoms with Gasteiger partial charge in [0.1, 0.15) is 23.9 Å². The Labute approximate surface area is 225 Å². The number of carbonyl (C=O) groups is 4. The second-order valence-corrected chi connectivity index (χ2v) is 11.4. The second-order valence-electron chi connectivity index (χ2n) is 11.4. The van der Waals surface area contributed by atoms with Crippen molar-refractivity contribution < 1.29 is 29.4 Å². The number of amides is 3. The zero-order valence-electron chi connectivity index (χ0n) is 23.2. The molecule has 212 valence electrons. The standard InChI is InChI=1S/C28H44N4O6/c1-6-18(2)24(26(36)30-21(27(37)38)13-14-28(3,4)5)31-25(35)22(16-19-9-11-20(34)12-10-19)32(17-33)23-8-7-15-29-23/h9-12,17-18,21-24,29,34H,6-8,13-16H2,1-5H3,(H,30,36)(H,31,35)(H,37,38)/t18-,21-,22-,23+,24-/m0/s1. The molecule has 10 heteroatoms. The van der Waals surface area contributed by atoms with E-state index < -0.39 is 35.9 Å². The summed E-state index contributed by atoms with van der Waals surface area (Å²) in [6.07, 6.45) is 3.52. The van der Waals surface area contributed by atoms with Crippen molar-refractivity contribution >= 4 is 24.2 Å². The number of carbonyl (C=O) groups excluding carboxylic acids is 3. The second kappa shape index (κ2) is 14.1. The van der Waals surface area contributed by atoms with Crippen LogP contribution < -0.4 is 16.0 Å². The summed E-state index contributed by atoms with van der Waals surface area (Å²) in [4.78, 5) is 52.5. The molecule has 0 aliphatic carbocycles. The van der Waals surface area contributed by atoms with Gasteiger partial charge in [0.2, 0.25) is 18.2 Å². The predicted octanol–water partition coefficient (Wildman–Crippen LogP) is 2.40. The summed E-state index contributed by atoms with van der Waals surface area (Å²) >= 11 is 0. The maximum absolute atomic E-state index is 13.7. The summed E-state index contributed by atoms with van der Waals surface area (Å²) in [6.45, 7) is 10.4. The molecule has 1 aromatic carbocycles. The van der Waals surface area contributed by atoms with Gasteiger partial charge in [-0.25, -0.2) is 4.79 Å². The van der Waals surface area contributed by atoms with Crippen molar-refractivity contribution in [2.24, 2.45) is 11.3 Å². The number of hydrogen-bond donors (Lipinski definition) is 5. The Kier molecular flexibility index (Phi) is 11.6. The molecule has 10 nitrogen and oxygen atoms in total. The molecule has 0 aromatic heterocycles. The number of phenolic OH excluding ortho intramolecular Hbond substituents is 1. The molecular weight excluding hydrogens is 488 g/mol. The number of aromatic hydroxyl groups is 1. The smallest absolute Gasteiger partial charge is 0.326 e. The van der Waals surface area contributed by atoms with Gasteiger partial charge in [-0.3, -0.25) is 19.7 Å². The first-order valence-electron chi connectivity index (χ1n) is 13.4. The Morgan fingerprint density at radius 1 is 1.16 bits per heavy atom. The first kappa shape index (κ1) is 31.1. The zero-order valence-corrected chi connectivity index (χ0v) is 23.2. The number of carboxylic acids is 1. The number of benzene rings is 1. The third kappa shape index (κ3) is 9.31. The molecular formula is C28H44N4O6. The van der Waals surface area contributed by atoms with Crippen molar-refractivity contribution in [3.8, 4) is 5.75 Å². The van der Waals surface area contributed by atoms with E-state index in [2.05, 4.69) is 16.0 Å². The maximum atomic E-state index is 13.7. The minimum Gasteiger partial charge on any atom is -0.508 e. The summed E-state index contributed by atoms with van der Waals surface area (Å²) in [5.41, 5.74) is 0.641. The van der Waals surface area contributed by atoms with E-state index in [-0.39, 0.29) is 36.1 Å². The van der Waals surface area contributed by atoms with E-state index in [1.807, 2.05) is 34.6 Å². The van der Waals surface area contributed by atoms with Crippen LogP contribution in [0.4, 0.5) is 0 Å². The van der Waals surface area contributed by atoms with Crippen molar-refractivity contribution in [1.29, 1.82) is 0 Å². The molecule has 0 saturated carbocycles. The molecule has 38 heavy (non-hydrogen) atoms. The number of rotatable bonds is 14. The first-order chi connectivity index (χ1) is 17.9. The van der Waals surface area contributed by atoms with E-state index in [0.29, 0.717) is 25.7 Å². The molecule has 1 aliphatic rings. The van der Waals surface area contributed by atoms with Crippen LogP contribution in [0.5, 0.6) is 5.75 Å². The van der Waals surface area contributed by atoms with Gasteiger partial charge in [0, 0.05) is 6.42 Å². The molecule has 1 saturated heterocycles. The lowest BCUT2D eigenvalue weighted by atomic mass is 9.88. The van der Waals surface area contributed by atoms with Crippen LogP contribution in [-0.4, -0.2) is 70.1 Å². The fraction of sp³-hybridized carbons (Fsp3) is 0.643. The third-order valence-electron chi connectivity index (χ3n) is 7.13. The molecule has 0 unspecified atom stereocenters. The molecule has 3 amide bonds. The molecule has 5 N–H and O–H groups in total. The average molecular weight is 533 g/mol. The highest BCUT2D eigenvalue weighted by atomic mass is 16.4. The van der Waals surface area contributed by atoms with Gasteiger partial charge in [-0.1, -0.05) is 53.2 Å². The Bertz CT molecular complexity index is 940. The minimum absolute atomic E-state index is 0.0902. The summed E-state index contributed by atoms with van der Waals surface area (Å²) in [6, 6.07) is 3.44. The molecule has 1 aromatic rings. The highest BCUT2D eigenvalue weighted by molar-refractivity contribution is 5.92. The monoisotopic (exact) mass is 532 g/mol. The van der Waals surface area contributed by atoms with Gasteiger partial charge >= 0.3 is 5.97 Å². The number of hydrogen-bond acceptors (Lipinski definition) is 6. The predicted molar refractivity (Wildman–Crippen MR) is 144 cm³/mol. The van der Waals surface area contributed by atoms with E-state index in [1.54, 1.807) is 12.1 Å². The van der Waals surface area contributed by atoms with Gasteiger partial charge in [-0.05, 0) is 61.3 Å². The summed E-state index contributed by atoms with van der Waals surface area (Å²) < 4.78 is 0. The van der Waals surface area contributed by atoms with Gasteiger partial charge in [0.05, 0.1) is 6.17 Å². The lowest BCUT2D eigenvalue weighted by Gasteiger charge is -2.34. The zero-order chi connectivity index (χ0) is 28.5. The average Bonchev–Trinajstić information content (AvgIpc) is 3.39. The number of phenols is 1. The fourth-order valence-corrected chi connectivity index (χ4v) is 4.52. The molecule has 1 heterocycles. The third-order valence-corrected chi connectivity index (χ3v) is 7.13. The summed E-state index contributed by atoms with van der Waals surface area (Å²) in [7, 11) is 0. The molecule has 0 spiro atoms. The fourth-order valence-electron chi connectivity index (χ4n) is 4.52. The van der Waals surface area contributed by atoms with Gasteiger partial charge in [-0.15, -0.1) is 0 Å². The number of aliphatic carboxylic acids is 1. The van der Waals surface area contributed by atoms with E-state index >= 15 is 0 Å². The van der Waals surface area contributed by atoms with Crippen LogP contribution in [-0.2, 0) is 25.6 Å². The molecule has 2 rings (SSSR count). The largest absolute Gasteiger partial charge is 0.508 e. The van der Waals surface area contributed by atoms with Gasteiger partial charge < -0.3 is 25.7 Å². The number of nitrogens with one attached hydrogen (secondary N) is 3. The first-order valence-corrected chi connectivity index (χ1v) is 13.4.